The van der Waals surface area contributed by atoms with Gasteiger partial charge in [-0.1, -0.05) is 30.3 Å². The summed E-state index contributed by atoms with van der Waals surface area (Å²) >= 11 is 0. The number of phenols is 1. The van der Waals surface area contributed by atoms with E-state index in [0.29, 0.717) is 5.92 Å². The molecule has 0 heterocycles. The fourth-order valence-corrected chi connectivity index (χ4v) is 2.88. The summed E-state index contributed by atoms with van der Waals surface area (Å²) in [4.78, 5) is 2.35. The number of hydrogen-bond donors (Lipinski definition) is 1. The van der Waals surface area contributed by atoms with Gasteiger partial charge in [-0.15, -0.1) is 0 Å². The molecule has 3 nitrogen and oxygen atoms in total. The summed E-state index contributed by atoms with van der Waals surface area (Å²) in [7, 11) is 2.16. The Hall–Kier alpha value is -2.00. The van der Waals surface area contributed by atoms with E-state index in [1.54, 1.807) is 12.1 Å². The Kier molecular flexibility index (Phi) is 5.19. The SMILES string of the molecule is CN(CCC(Oc1ccc(O)cc1)C1CC1)Cc1ccccc1. The van der Waals surface area contributed by atoms with Crippen LogP contribution in [0.25, 0.3) is 0 Å². The summed E-state index contributed by atoms with van der Waals surface area (Å²) in [5.74, 6) is 1.82. The lowest BCUT2D eigenvalue weighted by Crippen LogP contribution is -2.27. The van der Waals surface area contributed by atoms with Crippen molar-refractivity contribution < 1.29 is 9.84 Å². The van der Waals surface area contributed by atoms with Crippen LogP contribution in [-0.4, -0.2) is 29.7 Å². The quantitative estimate of drug-likeness (QED) is 0.797. The number of rotatable bonds is 8. The number of phenolic OH excluding ortho intramolecular Hbond substituents is 1. The zero-order chi connectivity index (χ0) is 16.1. The van der Waals surface area contributed by atoms with E-state index in [9.17, 15) is 5.11 Å². The number of nitrogens with zero attached hydrogens (tertiary/aromatic N) is 1. The van der Waals surface area contributed by atoms with Crippen molar-refractivity contribution in [1.82, 2.24) is 4.90 Å². The summed E-state index contributed by atoms with van der Waals surface area (Å²) < 4.78 is 6.16. The summed E-state index contributed by atoms with van der Waals surface area (Å²) in [5, 5.41) is 9.37. The van der Waals surface area contributed by atoms with Gasteiger partial charge in [0, 0.05) is 13.1 Å². The molecule has 1 saturated carbocycles. The van der Waals surface area contributed by atoms with Crippen LogP contribution in [-0.2, 0) is 6.54 Å². The van der Waals surface area contributed by atoms with Crippen LogP contribution in [0.2, 0.25) is 0 Å². The van der Waals surface area contributed by atoms with Crippen LogP contribution in [0.3, 0.4) is 0 Å². The van der Waals surface area contributed by atoms with Crippen LogP contribution in [0.4, 0.5) is 0 Å². The third kappa shape index (κ3) is 5.00. The van der Waals surface area contributed by atoms with Crippen molar-refractivity contribution in [2.24, 2.45) is 5.92 Å². The zero-order valence-corrected chi connectivity index (χ0v) is 13.7. The lowest BCUT2D eigenvalue weighted by molar-refractivity contribution is 0.149. The van der Waals surface area contributed by atoms with Crippen molar-refractivity contribution in [2.75, 3.05) is 13.6 Å². The van der Waals surface area contributed by atoms with Gasteiger partial charge in [-0.05, 0) is 62.1 Å². The lowest BCUT2D eigenvalue weighted by Gasteiger charge is -2.23. The molecule has 1 atom stereocenters. The molecule has 0 amide bonds. The highest BCUT2D eigenvalue weighted by molar-refractivity contribution is 5.30. The molecule has 1 N–H and O–H groups in total. The van der Waals surface area contributed by atoms with E-state index in [1.165, 1.54) is 18.4 Å². The Morgan fingerprint density at radius 1 is 1.09 bits per heavy atom. The number of ether oxygens (including phenoxy) is 1. The first-order valence-electron chi connectivity index (χ1n) is 8.39. The van der Waals surface area contributed by atoms with E-state index < -0.39 is 0 Å². The van der Waals surface area contributed by atoms with Crippen molar-refractivity contribution in [3.05, 3.63) is 60.2 Å². The average molecular weight is 311 g/mol. The van der Waals surface area contributed by atoms with Gasteiger partial charge in [0.05, 0.1) is 0 Å². The third-order valence-electron chi connectivity index (χ3n) is 4.36. The number of benzene rings is 2. The molecule has 2 aromatic carbocycles. The second-order valence-electron chi connectivity index (χ2n) is 6.50. The van der Waals surface area contributed by atoms with Crippen molar-refractivity contribution in [3.63, 3.8) is 0 Å². The fraction of sp³-hybridized carbons (Fsp3) is 0.400. The van der Waals surface area contributed by atoms with Crippen LogP contribution in [0.5, 0.6) is 11.5 Å². The molecule has 0 aliphatic heterocycles. The molecule has 0 radical (unpaired) electrons. The van der Waals surface area contributed by atoms with Crippen molar-refractivity contribution >= 4 is 0 Å². The maximum absolute atomic E-state index is 9.37. The highest BCUT2D eigenvalue weighted by Crippen LogP contribution is 2.36. The first-order valence-corrected chi connectivity index (χ1v) is 8.39. The Bertz CT molecular complexity index is 593. The second kappa shape index (κ2) is 7.51. The number of hydrogen-bond acceptors (Lipinski definition) is 3. The van der Waals surface area contributed by atoms with Crippen LogP contribution in [0.1, 0.15) is 24.8 Å². The van der Waals surface area contributed by atoms with Gasteiger partial charge in [0.15, 0.2) is 0 Å². The van der Waals surface area contributed by atoms with E-state index in [-0.39, 0.29) is 11.9 Å². The van der Waals surface area contributed by atoms with Gasteiger partial charge in [0.2, 0.25) is 0 Å². The van der Waals surface area contributed by atoms with Gasteiger partial charge in [-0.2, -0.15) is 0 Å². The average Bonchev–Trinajstić information content (AvgIpc) is 3.39. The lowest BCUT2D eigenvalue weighted by atomic mass is 10.1. The largest absolute Gasteiger partial charge is 0.508 e. The molecule has 2 aromatic rings. The minimum absolute atomic E-state index is 0.276. The monoisotopic (exact) mass is 311 g/mol. The molecule has 3 rings (SSSR count). The highest BCUT2D eigenvalue weighted by Gasteiger charge is 2.32. The minimum atomic E-state index is 0.276. The van der Waals surface area contributed by atoms with Crippen LogP contribution in [0, 0.1) is 5.92 Å². The molecule has 0 aromatic heterocycles. The normalized spacial score (nSPS) is 15.6. The highest BCUT2D eigenvalue weighted by atomic mass is 16.5. The standard InChI is InChI=1S/C20H25NO2/c1-21(15-16-5-3-2-4-6-16)14-13-20(17-7-8-17)23-19-11-9-18(22)10-12-19/h2-6,9-12,17,20,22H,7-8,13-15H2,1H3. The fourth-order valence-electron chi connectivity index (χ4n) is 2.88. The van der Waals surface area contributed by atoms with Gasteiger partial charge in [-0.25, -0.2) is 0 Å². The molecule has 3 heteroatoms. The van der Waals surface area contributed by atoms with Crippen molar-refractivity contribution in [2.45, 2.75) is 31.9 Å². The molecule has 122 valence electrons. The Labute approximate surface area is 138 Å². The molecule has 0 bridgehead atoms. The molecule has 1 aliphatic carbocycles. The molecule has 0 spiro atoms. The Morgan fingerprint density at radius 2 is 1.78 bits per heavy atom. The van der Waals surface area contributed by atoms with Gasteiger partial charge in [0.25, 0.3) is 0 Å². The van der Waals surface area contributed by atoms with Gasteiger partial charge >= 0.3 is 0 Å². The number of aromatic hydroxyl groups is 1. The smallest absolute Gasteiger partial charge is 0.120 e. The molecule has 1 aliphatic rings. The molecule has 1 fully saturated rings. The van der Waals surface area contributed by atoms with Crippen LogP contribution >= 0.6 is 0 Å². The predicted molar refractivity (Wildman–Crippen MR) is 92.6 cm³/mol. The van der Waals surface area contributed by atoms with Crippen molar-refractivity contribution in [3.8, 4) is 11.5 Å². The maximum Gasteiger partial charge on any atom is 0.120 e. The van der Waals surface area contributed by atoms with E-state index >= 15 is 0 Å². The molecule has 1 unspecified atom stereocenters. The van der Waals surface area contributed by atoms with E-state index in [0.717, 1.165) is 25.3 Å². The van der Waals surface area contributed by atoms with Gasteiger partial charge in [0.1, 0.15) is 17.6 Å². The first-order chi connectivity index (χ1) is 11.2. The zero-order valence-electron chi connectivity index (χ0n) is 13.7. The summed E-state index contributed by atoms with van der Waals surface area (Å²) in [6.45, 7) is 1.99. The third-order valence-corrected chi connectivity index (χ3v) is 4.36. The summed E-state index contributed by atoms with van der Waals surface area (Å²) in [6.07, 6.45) is 3.85. The summed E-state index contributed by atoms with van der Waals surface area (Å²) in [6, 6.07) is 17.6. The van der Waals surface area contributed by atoms with E-state index in [1.807, 2.05) is 12.1 Å². The molecular formula is C20H25NO2. The van der Waals surface area contributed by atoms with Gasteiger partial charge < -0.3 is 14.7 Å². The van der Waals surface area contributed by atoms with Crippen molar-refractivity contribution in [1.29, 1.82) is 0 Å². The van der Waals surface area contributed by atoms with E-state index in [4.69, 9.17) is 4.74 Å². The minimum Gasteiger partial charge on any atom is -0.508 e. The molecule has 23 heavy (non-hydrogen) atoms. The Balaban J connectivity index is 1.50. The topological polar surface area (TPSA) is 32.7 Å². The van der Waals surface area contributed by atoms with Crippen LogP contribution in [0.15, 0.2) is 54.6 Å². The van der Waals surface area contributed by atoms with Gasteiger partial charge in [-0.3, -0.25) is 0 Å². The van der Waals surface area contributed by atoms with E-state index in [2.05, 4.69) is 42.3 Å². The predicted octanol–water partition coefficient (Wildman–Crippen LogP) is 4.07. The second-order valence-corrected chi connectivity index (χ2v) is 6.50. The molecule has 0 saturated heterocycles. The summed E-state index contributed by atoms with van der Waals surface area (Å²) in [5.41, 5.74) is 1.34. The maximum atomic E-state index is 9.37. The Morgan fingerprint density at radius 3 is 2.43 bits per heavy atom. The van der Waals surface area contributed by atoms with Crippen LogP contribution < -0.4 is 4.74 Å². The first kappa shape index (κ1) is 15.9. The molecular weight excluding hydrogens is 286 g/mol.